The summed E-state index contributed by atoms with van der Waals surface area (Å²) in [6, 6.07) is 20.0. The topological polar surface area (TPSA) is 93.6 Å². The van der Waals surface area contributed by atoms with Crippen molar-refractivity contribution in [2.24, 2.45) is 0 Å². The van der Waals surface area contributed by atoms with Gasteiger partial charge >= 0.3 is 5.97 Å². The number of nitrogens with zero attached hydrogens (tertiary/aromatic N) is 2. The average Bonchev–Trinajstić information content (AvgIpc) is 3.02. The van der Waals surface area contributed by atoms with Crippen LogP contribution in [0.4, 0.5) is 15.9 Å². The molecular formula is C34H30FN3O4. The minimum Gasteiger partial charge on any atom is -0.496 e. The Kier molecular flexibility index (Phi) is 8.26. The molecule has 0 fully saturated rings. The average molecular weight is 564 g/mol. The molecule has 42 heavy (non-hydrogen) atoms. The van der Waals surface area contributed by atoms with Crippen LogP contribution in [-0.4, -0.2) is 35.3 Å². The number of carbonyl (C=O) groups excluding carboxylic acids is 1. The van der Waals surface area contributed by atoms with E-state index >= 15 is 4.39 Å². The maximum atomic E-state index is 15.5. The van der Waals surface area contributed by atoms with E-state index in [1.807, 2.05) is 62.4 Å². The number of hydrogen-bond acceptors (Lipinski definition) is 7. The summed E-state index contributed by atoms with van der Waals surface area (Å²) in [6.07, 6.45) is 4.83. The molecule has 0 amide bonds. The molecule has 0 aliphatic heterocycles. The van der Waals surface area contributed by atoms with Gasteiger partial charge in [-0.2, -0.15) is 0 Å². The molecule has 212 valence electrons. The summed E-state index contributed by atoms with van der Waals surface area (Å²) in [5, 5.41) is 13.8. The summed E-state index contributed by atoms with van der Waals surface area (Å²) in [4.78, 5) is 21.0. The highest BCUT2D eigenvalue weighted by Crippen LogP contribution is 2.35. The van der Waals surface area contributed by atoms with Crippen molar-refractivity contribution in [1.82, 2.24) is 9.97 Å². The molecule has 0 saturated heterocycles. The first-order valence-corrected chi connectivity index (χ1v) is 13.3. The standard InChI is InChI=1S/C34H30FN3O4/c1-20-23(16-29(35)24-11-12-28(34(40)42-4)31(17-24)41-3)7-5-8-26(20)27-9-6-10-30(21(27)2)38-33-32-25(13-14-36-33)15-22(19-39)18-37-32/h5-18,39H,19H2,1-4H3,(H,36,38)/b29-16-. The van der Waals surface area contributed by atoms with Crippen LogP contribution in [0, 0.1) is 13.8 Å². The Morgan fingerprint density at radius 1 is 0.976 bits per heavy atom. The lowest BCUT2D eigenvalue weighted by atomic mass is 9.92. The summed E-state index contributed by atoms with van der Waals surface area (Å²) in [5.41, 5.74) is 7.40. The molecule has 0 radical (unpaired) electrons. The van der Waals surface area contributed by atoms with Gasteiger partial charge in [0.2, 0.25) is 0 Å². The number of rotatable bonds is 8. The Balaban J connectivity index is 1.49. The zero-order valence-corrected chi connectivity index (χ0v) is 23.7. The highest BCUT2D eigenvalue weighted by atomic mass is 19.1. The number of pyridine rings is 2. The van der Waals surface area contributed by atoms with E-state index in [0.717, 1.165) is 44.5 Å². The third kappa shape index (κ3) is 5.57. The first kappa shape index (κ1) is 28.4. The number of benzene rings is 3. The Hall–Kier alpha value is -5.08. The SMILES string of the molecule is COC(=O)c1ccc(/C(F)=C/c2cccc(-c3cccc(Nc4nccc5cc(CO)cnc45)c3C)c2C)cc1OC. The second-order valence-electron chi connectivity index (χ2n) is 9.75. The van der Waals surface area contributed by atoms with Crippen molar-refractivity contribution in [2.75, 3.05) is 19.5 Å². The second-order valence-corrected chi connectivity index (χ2v) is 9.75. The minimum absolute atomic E-state index is 0.0808. The number of carbonyl (C=O) groups is 1. The Labute approximate surface area is 243 Å². The molecule has 7 nitrogen and oxygen atoms in total. The van der Waals surface area contributed by atoms with E-state index in [9.17, 15) is 9.90 Å². The number of nitrogens with one attached hydrogen (secondary N) is 1. The molecule has 0 atom stereocenters. The molecule has 0 aliphatic rings. The van der Waals surface area contributed by atoms with Crippen LogP contribution in [0.2, 0.25) is 0 Å². The largest absolute Gasteiger partial charge is 0.496 e. The molecule has 2 aromatic heterocycles. The van der Waals surface area contributed by atoms with Crippen molar-refractivity contribution in [3.8, 4) is 16.9 Å². The molecule has 0 unspecified atom stereocenters. The summed E-state index contributed by atoms with van der Waals surface area (Å²) in [6.45, 7) is 3.91. The summed E-state index contributed by atoms with van der Waals surface area (Å²) >= 11 is 0. The van der Waals surface area contributed by atoms with Gasteiger partial charge in [0.05, 0.1) is 20.8 Å². The first-order valence-electron chi connectivity index (χ1n) is 13.3. The second kappa shape index (κ2) is 12.2. The Bertz CT molecular complexity index is 1830. The van der Waals surface area contributed by atoms with Crippen LogP contribution in [0.1, 0.15) is 38.2 Å². The van der Waals surface area contributed by atoms with Gasteiger partial charge in [-0.15, -0.1) is 0 Å². The van der Waals surface area contributed by atoms with Gasteiger partial charge < -0.3 is 19.9 Å². The van der Waals surface area contributed by atoms with Crippen molar-refractivity contribution in [3.05, 3.63) is 113 Å². The highest BCUT2D eigenvalue weighted by molar-refractivity contribution is 5.94. The van der Waals surface area contributed by atoms with E-state index in [4.69, 9.17) is 9.47 Å². The van der Waals surface area contributed by atoms with E-state index in [0.29, 0.717) is 11.3 Å². The van der Waals surface area contributed by atoms with Crippen LogP contribution in [0.5, 0.6) is 5.75 Å². The lowest BCUT2D eigenvalue weighted by Gasteiger charge is -2.16. The quantitative estimate of drug-likeness (QED) is 0.150. The number of methoxy groups -OCH3 is 2. The van der Waals surface area contributed by atoms with Crippen molar-refractivity contribution in [3.63, 3.8) is 0 Å². The Morgan fingerprint density at radius 3 is 2.48 bits per heavy atom. The van der Waals surface area contributed by atoms with Gasteiger partial charge in [-0.3, -0.25) is 4.98 Å². The number of anilines is 2. The molecule has 0 spiro atoms. The predicted octanol–water partition coefficient (Wildman–Crippen LogP) is 7.41. The number of aliphatic hydroxyl groups excluding tert-OH is 1. The van der Waals surface area contributed by atoms with Crippen molar-refractivity contribution in [1.29, 1.82) is 0 Å². The normalized spacial score (nSPS) is 11.4. The van der Waals surface area contributed by atoms with E-state index in [1.54, 1.807) is 12.4 Å². The van der Waals surface area contributed by atoms with Crippen LogP contribution < -0.4 is 10.1 Å². The zero-order chi connectivity index (χ0) is 29.8. The smallest absolute Gasteiger partial charge is 0.341 e. The fraction of sp³-hybridized carbons (Fsp3) is 0.147. The van der Waals surface area contributed by atoms with Crippen LogP contribution in [0.15, 0.2) is 79.1 Å². The third-order valence-electron chi connectivity index (χ3n) is 7.26. The fourth-order valence-corrected chi connectivity index (χ4v) is 4.91. The van der Waals surface area contributed by atoms with Gasteiger partial charge in [-0.25, -0.2) is 14.2 Å². The van der Waals surface area contributed by atoms with Gasteiger partial charge in [0.25, 0.3) is 0 Å². The maximum absolute atomic E-state index is 15.5. The Morgan fingerprint density at radius 2 is 1.74 bits per heavy atom. The van der Waals surface area contributed by atoms with E-state index in [1.165, 1.54) is 38.5 Å². The van der Waals surface area contributed by atoms with E-state index in [2.05, 4.69) is 15.3 Å². The van der Waals surface area contributed by atoms with Crippen LogP contribution in [-0.2, 0) is 11.3 Å². The monoisotopic (exact) mass is 563 g/mol. The highest BCUT2D eigenvalue weighted by Gasteiger charge is 2.16. The van der Waals surface area contributed by atoms with E-state index < -0.39 is 11.8 Å². The van der Waals surface area contributed by atoms with Gasteiger partial charge in [0.1, 0.15) is 22.7 Å². The summed E-state index contributed by atoms with van der Waals surface area (Å²) < 4.78 is 25.5. The van der Waals surface area contributed by atoms with Gasteiger partial charge in [-0.05, 0) is 83.6 Å². The number of halogens is 1. The lowest BCUT2D eigenvalue weighted by Crippen LogP contribution is -2.04. The third-order valence-corrected chi connectivity index (χ3v) is 7.26. The molecule has 0 saturated carbocycles. The predicted molar refractivity (Wildman–Crippen MR) is 163 cm³/mol. The number of ether oxygens (including phenoxy) is 2. The molecule has 5 aromatic rings. The number of aromatic nitrogens is 2. The van der Waals surface area contributed by atoms with Gasteiger partial charge in [0, 0.05) is 29.0 Å². The van der Waals surface area contributed by atoms with Gasteiger partial charge in [0.15, 0.2) is 5.82 Å². The first-order chi connectivity index (χ1) is 20.3. The molecule has 2 N–H and O–H groups in total. The van der Waals surface area contributed by atoms with Crippen LogP contribution >= 0.6 is 0 Å². The number of aliphatic hydroxyl groups is 1. The molecule has 8 heteroatoms. The van der Waals surface area contributed by atoms with E-state index in [-0.39, 0.29) is 23.5 Å². The maximum Gasteiger partial charge on any atom is 0.341 e. The molecular weight excluding hydrogens is 533 g/mol. The fourth-order valence-electron chi connectivity index (χ4n) is 4.91. The zero-order valence-electron chi connectivity index (χ0n) is 23.7. The van der Waals surface area contributed by atoms with Crippen molar-refractivity contribution in [2.45, 2.75) is 20.5 Å². The number of fused-ring (bicyclic) bond motifs is 1. The molecule has 3 aromatic carbocycles. The van der Waals surface area contributed by atoms with Crippen LogP contribution in [0.3, 0.4) is 0 Å². The van der Waals surface area contributed by atoms with Crippen molar-refractivity contribution >= 4 is 40.3 Å². The molecule has 0 bridgehead atoms. The molecule has 2 heterocycles. The number of hydrogen-bond donors (Lipinski definition) is 2. The lowest BCUT2D eigenvalue weighted by molar-refractivity contribution is 0.0597. The summed E-state index contributed by atoms with van der Waals surface area (Å²) in [5.74, 6) is -0.169. The van der Waals surface area contributed by atoms with Gasteiger partial charge in [-0.1, -0.05) is 36.4 Å². The molecule has 5 rings (SSSR count). The number of esters is 1. The molecule has 0 aliphatic carbocycles. The summed E-state index contributed by atoms with van der Waals surface area (Å²) in [7, 11) is 2.71. The minimum atomic E-state index is -0.554. The van der Waals surface area contributed by atoms with Crippen molar-refractivity contribution < 1.29 is 23.8 Å². The van der Waals surface area contributed by atoms with Crippen LogP contribution in [0.25, 0.3) is 33.9 Å².